The minimum absolute atomic E-state index is 0.0673. The Morgan fingerprint density at radius 3 is 2.75 bits per heavy atom. The predicted octanol–water partition coefficient (Wildman–Crippen LogP) is 1.63. The van der Waals surface area contributed by atoms with Gasteiger partial charge in [0.15, 0.2) is 0 Å². The molecule has 2 rings (SSSR count). The van der Waals surface area contributed by atoms with Gasteiger partial charge in [-0.15, -0.1) is 0 Å². The van der Waals surface area contributed by atoms with Crippen LogP contribution in [-0.4, -0.2) is 16.9 Å². The van der Waals surface area contributed by atoms with Crippen LogP contribution in [0.2, 0.25) is 0 Å². The second-order valence-electron chi connectivity index (χ2n) is 4.89. The molecule has 0 saturated heterocycles. The molecule has 1 aromatic carbocycles. The maximum absolute atomic E-state index is 11.9. The van der Waals surface area contributed by atoms with Crippen LogP contribution in [0.3, 0.4) is 0 Å². The van der Waals surface area contributed by atoms with Gasteiger partial charge in [-0.25, -0.2) is 4.68 Å². The number of aryl methyl sites for hydroxylation is 1. The topological polar surface area (TPSA) is 70.1 Å². The van der Waals surface area contributed by atoms with Gasteiger partial charge < -0.3 is 10.5 Å². The molecular formula is C15H19N3O2. The van der Waals surface area contributed by atoms with Gasteiger partial charge in [0, 0.05) is 17.7 Å². The first-order valence-corrected chi connectivity index (χ1v) is 6.47. The van der Waals surface area contributed by atoms with E-state index in [1.807, 2.05) is 32.0 Å². The number of nitrogens with two attached hydrogens (primary N) is 1. The van der Waals surface area contributed by atoms with Crippen LogP contribution in [0.1, 0.15) is 29.7 Å². The van der Waals surface area contributed by atoms with E-state index < -0.39 is 0 Å². The number of benzene rings is 1. The zero-order valence-electron chi connectivity index (χ0n) is 12.0. The fraction of sp³-hybridized carbons (Fsp3) is 0.333. The molecule has 106 valence electrons. The molecule has 2 N–H and O–H groups in total. The minimum atomic E-state index is -0.127. The molecule has 0 aliphatic rings. The molecule has 0 spiro atoms. The molecule has 1 heterocycles. The normalized spacial score (nSPS) is 12.2. The van der Waals surface area contributed by atoms with E-state index in [4.69, 9.17) is 10.5 Å². The zero-order chi connectivity index (χ0) is 14.7. The molecule has 1 aromatic heterocycles. The zero-order valence-corrected chi connectivity index (χ0v) is 12.0. The standard InChI is InChI=1S/C15H19N3O2/c1-10-6-15(19)18(17-8-10)9-13-7-12(11(2)16)4-5-14(13)20-3/h4-8,11H,9,16H2,1-3H3. The van der Waals surface area contributed by atoms with Crippen LogP contribution in [0.4, 0.5) is 0 Å². The monoisotopic (exact) mass is 273 g/mol. The Balaban J connectivity index is 2.40. The molecule has 0 aliphatic carbocycles. The summed E-state index contributed by atoms with van der Waals surface area (Å²) >= 11 is 0. The number of hydrogen-bond acceptors (Lipinski definition) is 4. The highest BCUT2D eigenvalue weighted by Crippen LogP contribution is 2.22. The highest BCUT2D eigenvalue weighted by molar-refractivity contribution is 5.38. The summed E-state index contributed by atoms with van der Waals surface area (Å²) in [5.41, 5.74) is 8.51. The van der Waals surface area contributed by atoms with E-state index in [1.54, 1.807) is 19.4 Å². The molecule has 5 heteroatoms. The van der Waals surface area contributed by atoms with Crippen molar-refractivity contribution in [2.75, 3.05) is 7.11 Å². The number of nitrogens with zero attached hydrogens (tertiary/aromatic N) is 2. The minimum Gasteiger partial charge on any atom is -0.496 e. The van der Waals surface area contributed by atoms with Crippen LogP contribution in [0.25, 0.3) is 0 Å². The summed E-state index contributed by atoms with van der Waals surface area (Å²) in [5, 5.41) is 4.14. The van der Waals surface area contributed by atoms with Crippen LogP contribution in [0.15, 0.2) is 35.3 Å². The van der Waals surface area contributed by atoms with Crippen LogP contribution in [-0.2, 0) is 6.54 Å². The van der Waals surface area contributed by atoms with Gasteiger partial charge in [0.25, 0.3) is 5.56 Å². The largest absolute Gasteiger partial charge is 0.496 e. The molecule has 1 atom stereocenters. The lowest BCUT2D eigenvalue weighted by atomic mass is 10.0. The van der Waals surface area contributed by atoms with Crippen molar-refractivity contribution >= 4 is 0 Å². The van der Waals surface area contributed by atoms with Crippen molar-refractivity contribution in [2.45, 2.75) is 26.4 Å². The Bertz CT molecular complexity index is 662. The molecule has 0 amide bonds. The van der Waals surface area contributed by atoms with Crippen molar-refractivity contribution in [3.8, 4) is 5.75 Å². The van der Waals surface area contributed by atoms with Crippen LogP contribution < -0.4 is 16.0 Å². The number of aromatic nitrogens is 2. The molecule has 2 aromatic rings. The Labute approximate surface area is 118 Å². The second-order valence-corrected chi connectivity index (χ2v) is 4.89. The lowest BCUT2D eigenvalue weighted by Gasteiger charge is -2.13. The van der Waals surface area contributed by atoms with Gasteiger partial charge in [-0.05, 0) is 37.1 Å². The van der Waals surface area contributed by atoms with Crippen molar-refractivity contribution in [2.24, 2.45) is 5.73 Å². The molecule has 0 aliphatic heterocycles. The van der Waals surface area contributed by atoms with Crippen molar-refractivity contribution in [1.82, 2.24) is 9.78 Å². The highest BCUT2D eigenvalue weighted by atomic mass is 16.5. The van der Waals surface area contributed by atoms with E-state index in [1.165, 1.54) is 4.68 Å². The molecule has 0 fully saturated rings. The van der Waals surface area contributed by atoms with E-state index in [0.29, 0.717) is 6.54 Å². The first-order chi connectivity index (χ1) is 9.51. The molecule has 0 saturated carbocycles. The average molecular weight is 273 g/mol. The van der Waals surface area contributed by atoms with Crippen LogP contribution in [0, 0.1) is 6.92 Å². The quantitative estimate of drug-likeness (QED) is 0.919. The Morgan fingerprint density at radius 2 is 2.15 bits per heavy atom. The number of ether oxygens (including phenoxy) is 1. The fourth-order valence-corrected chi connectivity index (χ4v) is 2.01. The van der Waals surface area contributed by atoms with Gasteiger partial charge in [-0.3, -0.25) is 4.79 Å². The molecule has 20 heavy (non-hydrogen) atoms. The SMILES string of the molecule is COc1ccc(C(C)N)cc1Cn1ncc(C)cc1=O. The van der Waals surface area contributed by atoms with Gasteiger partial charge in [0.1, 0.15) is 5.75 Å². The maximum atomic E-state index is 11.9. The molecule has 0 radical (unpaired) electrons. The van der Waals surface area contributed by atoms with Gasteiger partial charge in [-0.1, -0.05) is 6.07 Å². The summed E-state index contributed by atoms with van der Waals surface area (Å²) in [6, 6.07) is 7.25. The van der Waals surface area contributed by atoms with Crippen molar-refractivity contribution in [1.29, 1.82) is 0 Å². The van der Waals surface area contributed by atoms with E-state index >= 15 is 0 Å². The lowest BCUT2D eigenvalue weighted by molar-refractivity contribution is 0.406. The van der Waals surface area contributed by atoms with Crippen molar-refractivity contribution < 1.29 is 4.74 Å². The molecular weight excluding hydrogens is 254 g/mol. The summed E-state index contributed by atoms with van der Waals surface area (Å²) in [6.45, 7) is 4.13. The Hall–Kier alpha value is -2.14. The smallest absolute Gasteiger partial charge is 0.267 e. The molecule has 5 nitrogen and oxygen atoms in total. The third-order valence-corrected chi connectivity index (χ3v) is 3.16. The van der Waals surface area contributed by atoms with E-state index in [9.17, 15) is 4.79 Å². The predicted molar refractivity (Wildman–Crippen MR) is 77.9 cm³/mol. The van der Waals surface area contributed by atoms with Gasteiger partial charge >= 0.3 is 0 Å². The summed E-state index contributed by atoms with van der Waals surface area (Å²) in [4.78, 5) is 11.9. The van der Waals surface area contributed by atoms with Crippen molar-refractivity contribution in [3.05, 3.63) is 57.5 Å². The fourth-order valence-electron chi connectivity index (χ4n) is 2.01. The Kier molecular flexibility index (Phi) is 4.20. The van der Waals surface area contributed by atoms with Crippen molar-refractivity contribution in [3.63, 3.8) is 0 Å². The van der Waals surface area contributed by atoms with Gasteiger partial charge in [0.05, 0.1) is 19.9 Å². The van der Waals surface area contributed by atoms with Crippen LogP contribution in [0.5, 0.6) is 5.75 Å². The molecule has 1 unspecified atom stereocenters. The summed E-state index contributed by atoms with van der Waals surface area (Å²) in [6.07, 6.45) is 1.67. The Morgan fingerprint density at radius 1 is 1.40 bits per heavy atom. The number of rotatable bonds is 4. The maximum Gasteiger partial charge on any atom is 0.267 e. The van der Waals surface area contributed by atoms with Crippen LogP contribution >= 0.6 is 0 Å². The average Bonchev–Trinajstić information content (AvgIpc) is 2.41. The highest BCUT2D eigenvalue weighted by Gasteiger charge is 2.09. The third-order valence-electron chi connectivity index (χ3n) is 3.16. The van der Waals surface area contributed by atoms with E-state index in [0.717, 1.165) is 22.4 Å². The summed E-state index contributed by atoms with van der Waals surface area (Å²) < 4.78 is 6.74. The number of methoxy groups -OCH3 is 1. The number of hydrogen-bond donors (Lipinski definition) is 1. The van der Waals surface area contributed by atoms with Gasteiger partial charge in [0.2, 0.25) is 0 Å². The molecule has 0 bridgehead atoms. The summed E-state index contributed by atoms with van der Waals surface area (Å²) in [5.74, 6) is 0.726. The first-order valence-electron chi connectivity index (χ1n) is 6.47. The van der Waals surface area contributed by atoms with Gasteiger partial charge in [-0.2, -0.15) is 5.10 Å². The summed E-state index contributed by atoms with van der Waals surface area (Å²) in [7, 11) is 1.61. The van der Waals surface area contributed by atoms with E-state index in [-0.39, 0.29) is 11.6 Å². The van der Waals surface area contributed by atoms with E-state index in [2.05, 4.69) is 5.10 Å². The first kappa shape index (κ1) is 14.3. The third kappa shape index (κ3) is 3.05. The lowest BCUT2D eigenvalue weighted by Crippen LogP contribution is -2.23. The second kappa shape index (κ2) is 5.88.